The molecule has 0 N–H and O–H groups in total. The number of aromatic nitrogens is 1. The van der Waals surface area contributed by atoms with E-state index in [1.54, 1.807) is 25.3 Å². The summed E-state index contributed by atoms with van der Waals surface area (Å²) in [6, 6.07) is 2.80. The standard InChI is InChI=1S/C10H8N2O4/c1-7-6-11-9(15-7)4-2-8-3-5-10(16-8)12(13)14/h2-6H,1H3. The fourth-order valence-corrected chi connectivity index (χ4v) is 1.13. The van der Waals surface area contributed by atoms with E-state index in [2.05, 4.69) is 4.98 Å². The van der Waals surface area contributed by atoms with Gasteiger partial charge in [0.1, 0.15) is 16.4 Å². The third-order valence-corrected chi connectivity index (χ3v) is 1.82. The highest BCUT2D eigenvalue weighted by Gasteiger charge is 2.09. The molecule has 0 saturated heterocycles. The van der Waals surface area contributed by atoms with Crippen molar-refractivity contribution in [2.45, 2.75) is 6.92 Å². The van der Waals surface area contributed by atoms with Gasteiger partial charge in [0.25, 0.3) is 0 Å². The van der Waals surface area contributed by atoms with Crippen LogP contribution in [0.15, 0.2) is 27.2 Å². The van der Waals surface area contributed by atoms with Gasteiger partial charge in [0.05, 0.1) is 12.3 Å². The maximum atomic E-state index is 10.3. The Morgan fingerprint density at radius 1 is 1.38 bits per heavy atom. The Balaban J connectivity index is 2.14. The number of oxazole rings is 1. The van der Waals surface area contributed by atoms with Gasteiger partial charge in [0, 0.05) is 6.08 Å². The summed E-state index contributed by atoms with van der Waals surface area (Å²) in [5.74, 6) is 1.22. The predicted octanol–water partition coefficient (Wildman–Crippen LogP) is 2.65. The first kappa shape index (κ1) is 10.2. The SMILES string of the molecule is Cc1cnc(C=Cc2ccc([N+](=O)[O-])o2)o1. The van der Waals surface area contributed by atoms with Crippen molar-refractivity contribution in [3.05, 3.63) is 45.9 Å². The molecule has 2 aromatic heterocycles. The fourth-order valence-electron chi connectivity index (χ4n) is 1.13. The Morgan fingerprint density at radius 3 is 2.75 bits per heavy atom. The van der Waals surface area contributed by atoms with Crippen LogP contribution in [0.3, 0.4) is 0 Å². The number of hydrogen-bond acceptors (Lipinski definition) is 5. The van der Waals surface area contributed by atoms with Crippen LogP contribution in [0.4, 0.5) is 5.88 Å². The molecular formula is C10H8N2O4. The molecule has 6 heteroatoms. The van der Waals surface area contributed by atoms with E-state index in [0.717, 1.165) is 0 Å². The zero-order valence-electron chi connectivity index (χ0n) is 8.41. The lowest BCUT2D eigenvalue weighted by atomic mass is 10.4. The van der Waals surface area contributed by atoms with Gasteiger partial charge >= 0.3 is 5.88 Å². The number of nitrogens with zero attached hydrogens (tertiary/aromatic N) is 2. The topological polar surface area (TPSA) is 82.3 Å². The summed E-state index contributed by atoms with van der Waals surface area (Å²) in [7, 11) is 0. The van der Waals surface area contributed by atoms with Crippen LogP contribution in [0.2, 0.25) is 0 Å². The molecule has 0 atom stereocenters. The Hall–Kier alpha value is -2.37. The van der Waals surface area contributed by atoms with Crippen molar-refractivity contribution >= 4 is 18.0 Å². The lowest BCUT2D eigenvalue weighted by Gasteiger charge is -1.84. The molecule has 0 aromatic carbocycles. The average molecular weight is 220 g/mol. The molecule has 2 aromatic rings. The molecule has 0 fully saturated rings. The fraction of sp³-hybridized carbons (Fsp3) is 0.100. The molecule has 0 aliphatic carbocycles. The van der Waals surface area contributed by atoms with Gasteiger partial charge in [-0.3, -0.25) is 10.1 Å². The van der Waals surface area contributed by atoms with Gasteiger partial charge in [0.15, 0.2) is 0 Å². The van der Waals surface area contributed by atoms with Crippen LogP contribution in [0, 0.1) is 17.0 Å². The van der Waals surface area contributed by atoms with Crippen molar-refractivity contribution in [1.29, 1.82) is 0 Å². The molecule has 0 amide bonds. The maximum absolute atomic E-state index is 10.3. The van der Waals surface area contributed by atoms with Crippen LogP contribution in [-0.4, -0.2) is 9.91 Å². The quantitative estimate of drug-likeness (QED) is 0.586. The minimum atomic E-state index is -0.591. The van der Waals surface area contributed by atoms with Crippen LogP contribution < -0.4 is 0 Å². The molecule has 0 spiro atoms. The average Bonchev–Trinajstić information content (AvgIpc) is 2.83. The molecule has 0 bridgehead atoms. The number of nitro groups is 1. The van der Waals surface area contributed by atoms with Crippen LogP contribution >= 0.6 is 0 Å². The van der Waals surface area contributed by atoms with E-state index >= 15 is 0 Å². The molecule has 2 rings (SSSR count). The summed E-state index contributed by atoms with van der Waals surface area (Å²) >= 11 is 0. The maximum Gasteiger partial charge on any atom is 0.433 e. The number of rotatable bonds is 3. The summed E-state index contributed by atoms with van der Waals surface area (Å²) < 4.78 is 10.1. The molecule has 0 aliphatic heterocycles. The van der Waals surface area contributed by atoms with Gasteiger partial charge in [-0.25, -0.2) is 4.98 Å². The van der Waals surface area contributed by atoms with E-state index in [0.29, 0.717) is 17.4 Å². The summed E-state index contributed by atoms with van der Waals surface area (Å²) in [5.41, 5.74) is 0. The molecule has 2 heterocycles. The Morgan fingerprint density at radius 2 is 2.19 bits per heavy atom. The number of aryl methyl sites for hydroxylation is 1. The third-order valence-electron chi connectivity index (χ3n) is 1.82. The van der Waals surface area contributed by atoms with E-state index < -0.39 is 4.92 Å². The molecule has 82 valence electrons. The van der Waals surface area contributed by atoms with Crippen LogP contribution in [0.25, 0.3) is 12.2 Å². The Kier molecular flexibility index (Phi) is 2.55. The Bertz CT molecular complexity index is 539. The second kappa shape index (κ2) is 4.01. The molecule has 16 heavy (non-hydrogen) atoms. The van der Waals surface area contributed by atoms with Gasteiger partial charge in [-0.15, -0.1) is 0 Å². The van der Waals surface area contributed by atoms with Gasteiger partial charge in [-0.05, 0) is 19.1 Å². The first-order valence-electron chi connectivity index (χ1n) is 4.50. The third kappa shape index (κ3) is 2.17. The van der Waals surface area contributed by atoms with Crippen LogP contribution in [-0.2, 0) is 0 Å². The number of furan rings is 1. The molecule has 0 saturated carbocycles. The normalized spacial score (nSPS) is 11.1. The van der Waals surface area contributed by atoms with Crippen molar-refractivity contribution in [2.75, 3.05) is 0 Å². The minimum Gasteiger partial charge on any atom is -0.442 e. The van der Waals surface area contributed by atoms with E-state index in [1.165, 1.54) is 12.1 Å². The van der Waals surface area contributed by atoms with Crippen molar-refractivity contribution in [3.63, 3.8) is 0 Å². The van der Waals surface area contributed by atoms with E-state index in [-0.39, 0.29) is 5.88 Å². The zero-order valence-corrected chi connectivity index (χ0v) is 8.41. The minimum absolute atomic E-state index is 0.289. The lowest BCUT2D eigenvalue weighted by Crippen LogP contribution is -1.82. The van der Waals surface area contributed by atoms with Gasteiger partial charge < -0.3 is 8.83 Å². The largest absolute Gasteiger partial charge is 0.442 e. The highest BCUT2D eigenvalue weighted by molar-refractivity contribution is 5.63. The lowest BCUT2D eigenvalue weighted by molar-refractivity contribution is -0.402. The predicted molar refractivity (Wildman–Crippen MR) is 55.5 cm³/mol. The summed E-state index contributed by atoms with van der Waals surface area (Å²) in [6.07, 6.45) is 4.72. The van der Waals surface area contributed by atoms with E-state index in [4.69, 9.17) is 8.83 Å². The molecule has 0 unspecified atom stereocenters. The van der Waals surface area contributed by atoms with E-state index in [9.17, 15) is 10.1 Å². The molecule has 0 radical (unpaired) electrons. The van der Waals surface area contributed by atoms with Crippen LogP contribution in [0.1, 0.15) is 17.4 Å². The molecule has 6 nitrogen and oxygen atoms in total. The molecule has 0 aliphatic rings. The van der Waals surface area contributed by atoms with Gasteiger partial charge in [0.2, 0.25) is 5.89 Å². The smallest absolute Gasteiger partial charge is 0.433 e. The zero-order chi connectivity index (χ0) is 11.5. The Labute approximate surface area is 90.4 Å². The van der Waals surface area contributed by atoms with Crippen molar-refractivity contribution < 1.29 is 13.8 Å². The van der Waals surface area contributed by atoms with Crippen molar-refractivity contribution in [3.8, 4) is 0 Å². The van der Waals surface area contributed by atoms with E-state index in [1.807, 2.05) is 0 Å². The highest BCUT2D eigenvalue weighted by atomic mass is 16.6. The highest BCUT2D eigenvalue weighted by Crippen LogP contribution is 2.17. The second-order valence-corrected chi connectivity index (χ2v) is 3.08. The number of hydrogen-bond donors (Lipinski definition) is 0. The summed E-state index contributed by atoms with van der Waals surface area (Å²) in [5, 5.41) is 10.3. The van der Waals surface area contributed by atoms with Crippen molar-refractivity contribution in [2.24, 2.45) is 0 Å². The van der Waals surface area contributed by atoms with Gasteiger partial charge in [-0.1, -0.05) is 0 Å². The second-order valence-electron chi connectivity index (χ2n) is 3.08. The monoisotopic (exact) mass is 220 g/mol. The van der Waals surface area contributed by atoms with Crippen molar-refractivity contribution in [1.82, 2.24) is 4.98 Å². The van der Waals surface area contributed by atoms with Gasteiger partial charge in [-0.2, -0.15) is 0 Å². The summed E-state index contributed by atoms with van der Waals surface area (Å²) in [4.78, 5) is 13.7. The first-order chi connectivity index (χ1) is 7.65. The molecular weight excluding hydrogens is 212 g/mol. The first-order valence-corrected chi connectivity index (χ1v) is 4.50. The summed E-state index contributed by atoms with van der Waals surface area (Å²) in [6.45, 7) is 1.78. The van der Waals surface area contributed by atoms with Crippen LogP contribution in [0.5, 0.6) is 0 Å².